The van der Waals surface area contributed by atoms with Gasteiger partial charge in [0, 0.05) is 0 Å². The third kappa shape index (κ3) is 2.35. The van der Waals surface area contributed by atoms with Gasteiger partial charge in [0.05, 0.1) is 5.02 Å². The van der Waals surface area contributed by atoms with Crippen molar-refractivity contribution in [3.63, 3.8) is 0 Å². The van der Waals surface area contributed by atoms with Gasteiger partial charge in [0.2, 0.25) is 0 Å². The molecule has 0 heterocycles. The van der Waals surface area contributed by atoms with E-state index in [0.717, 1.165) is 0 Å². The first-order valence-corrected chi connectivity index (χ1v) is 4.34. The fraction of sp³-hybridized carbons (Fsp3) is 0.222. The fourth-order valence-electron chi connectivity index (χ4n) is 0.829. The summed E-state index contributed by atoms with van der Waals surface area (Å²) in [4.78, 5) is 0. The molecule has 0 bridgehead atoms. The number of hydrogen-bond donors (Lipinski definition) is 2. The van der Waals surface area contributed by atoms with Gasteiger partial charge in [0.25, 0.3) is 0 Å². The Balaban J connectivity index is 2.87. The molecule has 0 aliphatic heterocycles. The normalized spacial score (nSPS) is 12.2. The summed E-state index contributed by atoms with van der Waals surface area (Å²) in [5.74, 6) is -0.799. The zero-order valence-corrected chi connectivity index (χ0v) is 8.31. The molecular weight excluding hydrogens is 207 g/mol. The van der Waals surface area contributed by atoms with Crippen LogP contribution in [0.15, 0.2) is 18.2 Å². The minimum absolute atomic E-state index is 0.000185. The van der Waals surface area contributed by atoms with Crippen molar-refractivity contribution in [1.29, 1.82) is 5.41 Å². The van der Waals surface area contributed by atoms with Crippen molar-refractivity contribution in [3.8, 4) is 5.75 Å². The lowest BCUT2D eigenvalue weighted by molar-refractivity contribution is 0.271. The first kappa shape index (κ1) is 10.8. The maximum absolute atomic E-state index is 13.3. The Morgan fingerprint density at radius 3 is 2.86 bits per heavy atom. The molecule has 1 aromatic rings. The highest BCUT2D eigenvalue weighted by molar-refractivity contribution is 6.30. The number of rotatable bonds is 3. The van der Waals surface area contributed by atoms with Gasteiger partial charge in [0.15, 0.2) is 17.7 Å². The molecule has 0 aliphatic rings. The number of benzene rings is 1. The molecule has 76 valence electrons. The Bertz CT molecular complexity index is 357. The lowest BCUT2D eigenvalue weighted by atomic mass is 10.3. The summed E-state index contributed by atoms with van der Waals surface area (Å²) in [5, 5.41) is 7.06. The molecule has 0 spiro atoms. The summed E-state index contributed by atoms with van der Waals surface area (Å²) in [5.41, 5.74) is 5.17. The Kier molecular flexibility index (Phi) is 3.30. The van der Waals surface area contributed by atoms with Gasteiger partial charge in [-0.25, -0.2) is 4.39 Å². The van der Waals surface area contributed by atoms with Crippen LogP contribution in [0.5, 0.6) is 5.75 Å². The summed E-state index contributed by atoms with van der Waals surface area (Å²) in [6.45, 7) is 1.56. The second-order valence-corrected chi connectivity index (χ2v) is 3.17. The van der Waals surface area contributed by atoms with E-state index in [1.807, 2.05) is 0 Å². The predicted octanol–water partition coefficient (Wildman–Crippen LogP) is 2.18. The van der Waals surface area contributed by atoms with E-state index in [2.05, 4.69) is 0 Å². The monoisotopic (exact) mass is 216 g/mol. The third-order valence-corrected chi connectivity index (χ3v) is 1.95. The number of nitrogens with two attached hydrogens (primary N) is 1. The van der Waals surface area contributed by atoms with Gasteiger partial charge in [-0.3, -0.25) is 5.41 Å². The average Bonchev–Trinajstić information content (AvgIpc) is 2.12. The van der Waals surface area contributed by atoms with Gasteiger partial charge in [-0.15, -0.1) is 0 Å². The maximum Gasteiger partial charge on any atom is 0.183 e. The number of nitrogens with one attached hydrogen (secondary N) is 1. The van der Waals surface area contributed by atoms with Crippen LogP contribution < -0.4 is 10.5 Å². The van der Waals surface area contributed by atoms with Crippen molar-refractivity contribution < 1.29 is 9.13 Å². The SMILES string of the molecule is CC(Oc1cccc(Cl)c1F)C(=N)N. The largest absolute Gasteiger partial charge is 0.480 e. The summed E-state index contributed by atoms with van der Waals surface area (Å²) in [6.07, 6.45) is -0.664. The molecule has 5 heteroatoms. The van der Waals surface area contributed by atoms with E-state index >= 15 is 0 Å². The van der Waals surface area contributed by atoms with Crippen LogP contribution in [-0.2, 0) is 0 Å². The van der Waals surface area contributed by atoms with Crippen LogP contribution in [0, 0.1) is 11.2 Å². The number of ether oxygens (including phenoxy) is 1. The number of halogens is 2. The summed E-state index contributed by atoms with van der Waals surface area (Å²) in [7, 11) is 0. The molecule has 1 aromatic carbocycles. The molecule has 0 fully saturated rings. The van der Waals surface area contributed by atoms with Crippen LogP contribution in [0.2, 0.25) is 5.02 Å². The van der Waals surface area contributed by atoms with E-state index in [1.54, 1.807) is 13.0 Å². The van der Waals surface area contributed by atoms with E-state index in [-0.39, 0.29) is 16.6 Å². The molecule has 0 aromatic heterocycles. The summed E-state index contributed by atoms with van der Waals surface area (Å²) >= 11 is 5.54. The van der Waals surface area contributed by atoms with Crippen molar-refractivity contribution in [3.05, 3.63) is 29.0 Å². The second kappa shape index (κ2) is 4.28. The van der Waals surface area contributed by atoms with Crippen LogP contribution in [0.4, 0.5) is 4.39 Å². The lowest BCUT2D eigenvalue weighted by Gasteiger charge is -2.13. The maximum atomic E-state index is 13.3. The minimum Gasteiger partial charge on any atom is -0.480 e. The molecule has 1 rings (SSSR count). The molecule has 0 saturated carbocycles. The van der Waals surface area contributed by atoms with Gasteiger partial charge in [-0.2, -0.15) is 0 Å². The van der Waals surface area contributed by atoms with Crippen molar-refractivity contribution in [2.24, 2.45) is 5.73 Å². The molecule has 3 nitrogen and oxygen atoms in total. The van der Waals surface area contributed by atoms with Crippen LogP contribution in [0.1, 0.15) is 6.92 Å². The molecule has 0 saturated heterocycles. The van der Waals surface area contributed by atoms with Gasteiger partial charge in [0.1, 0.15) is 5.84 Å². The lowest BCUT2D eigenvalue weighted by Crippen LogP contribution is -2.30. The molecule has 1 atom stereocenters. The van der Waals surface area contributed by atoms with Gasteiger partial charge in [-0.1, -0.05) is 17.7 Å². The third-order valence-electron chi connectivity index (χ3n) is 1.66. The smallest absolute Gasteiger partial charge is 0.183 e. The van der Waals surface area contributed by atoms with E-state index in [4.69, 9.17) is 27.5 Å². The van der Waals surface area contributed by atoms with Crippen LogP contribution >= 0.6 is 11.6 Å². The highest BCUT2D eigenvalue weighted by atomic mass is 35.5. The van der Waals surface area contributed by atoms with Gasteiger partial charge >= 0.3 is 0 Å². The molecule has 1 unspecified atom stereocenters. The summed E-state index contributed by atoms with van der Waals surface area (Å²) in [6, 6.07) is 4.41. The Morgan fingerprint density at radius 2 is 2.29 bits per heavy atom. The highest BCUT2D eigenvalue weighted by Gasteiger charge is 2.12. The first-order chi connectivity index (χ1) is 6.52. The zero-order valence-electron chi connectivity index (χ0n) is 7.55. The molecule has 3 N–H and O–H groups in total. The van der Waals surface area contributed by atoms with Crippen LogP contribution in [0.3, 0.4) is 0 Å². The molecule has 0 amide bonds. The van der Waals surface area contributed by atoms with E-state index in [9.17, 15) is 4.39 Å². The van der Waals surface area contributed by atoms with Gasteiger partial charge < -0.3 is 10.5 Å². The molecule has 0 aliphatic carbocycles. The summed E-state index contributed by atoms with van der Waals surface area (Å²) < 4.78 is 18.3. The number of hydrogen-bond acceptors (Lipinski definition) is 2. The number of amidine groups is 1. The zero-order chi connectivity index (χ0) is 10.7. The molecule has 14 heavy (non-hydrogen) atoms. The van der Waals surface area contributed by atoms with Crippen molar-refractivity contribution in [2.75, 3.05) is 0 Å². The molecular formula is C9H10ClFN2O. The van der Waals surface area contributed by atoms with Crippen LogP contribution in [0.25, 0.3) is 0 Å². The van der Waals surface area contributed by atoms with E-state index in [1.165, 1.54) is 12.1 Å². The standard InChI is InChI=1S/C9H10ClFN2O/c1-5(9(12)13)14-7-4-2-3-6(10)8(7)11/h2-5H,1H3,(H3,12,13). The quantitative estimate of drug-likeness (QED) is 0.601. The molecule has 0 radical (unpaired) electrons. The van der Waals surface area contributed by atoms with E-state index in [0.29, 0.717) is 0 Å². The average molecular weight is 217 g/mol. The predicted molar refractivity (Wildman–Crippen MR) is 53.4 cm³/mol. The van der Waals surface area contributed by atoms with Crippen LogP contribution in [-0.4, -0.2) is 11.9 Å². The second-order valence-electron chi connectivity index (χ2n) is 2.77. The minimum atomic E-state index is -0.664. The van der Waals surface area contributed by atoms with Gasteiger partial charge in [-0.05, 0) is 19.1 Å². The Hall–Kier alpha value is -1.29. The first-order valence-electron chi connectivity index (χ1n) is 3.97. The van der Waals surface area contributed by atoms with E-state index < -0.39 is 11.9 Å². The fourth-order valence-corrected chi connectivity index (χ4v) is 0.995. The highest BCUT2D eigenvalue weighted by Crippen LogP contribution is 2.24. The Morgan fingerprint density at radius 1 is 1.64 bits per heavy atom. The van der Waals surface area contributed by atoms with Crippen molar-refractivity contribution in [2.45, 2.75) is 13.0 Å². The van der Waals surface area contributed by atoms with Crippen molar-refractivity contribution >= 4 is 17.4 Å². The Labute approximate surface area is 86.1 Å². The topological polar surface area (TPSA) is 59.1 Å². The van der Waals surface area contributed by atoms with Crippen molar-refractivity contribution in [1.82, 2.24) is 0 Å².